The van der Waals surface area contributed by atoms with E-state index < -0.39 is 0 Å². The van der Waals surface area contributed by atoms with E-state index in [1.54, 1.807) is 0 Å². The Morgan fingerprint density at radius 3 is 2.50 bits per heavy atom. The molecule has 1 atom stereocenters. The third-order valence-electron chi connectivity index (χ3n) is 2.87. The molecule has 1 saturated heterocycles. The maximum Gasteiger partial charge on any atom is 0.239 e. The van der Waals surface area contributed by atoms with Gasteiger partial charge in [-0.05, 0) is 25.8 Å². The highest BCUT2D eigenvalue weighted by Gasteiger charge is 2.21. The molecule has 0 bridgehead atoms. The molecular weight excluding hydrogens is 204 g/mol. The average molecular weight is 228 g/mol. The van der Waals surface area contributed by atoms with Crippen LogP contribution in [0.5, 0.6) is 0 Å². The number of nitrogens with one attached hydrogen (secondary N) is 1. The van der Waals surface area contributed by atoms with Gasteiger partial charge < -0.3 is 15.0 Å². The number of carbonyl (C=O) groups excluding carboxylic acids is 1. The predicted octanol–water partition coefficient (Wildman–Crippen LogP) is 0.869. The summed E-state index contributed by atoms with van der Waals surface area (Å²) in [6.07, 6.45) is 1.11. The van der Waals surface area contributed by atoms with Crippen molar-refractivity contribution in [3.05, 3.63) is 0 Å². The molecular formula is C12H24N2O2. The number of morpholine rings is 1. The first-order chi connectivity index (χ1) is 7.61. The third-order valence-corrected chi connectivity index (χ3v) is 2.87. The number of nitrogens with zero attached hydrogens (tertiary/aromatic N) is 1. The van der Waals surface area contributed by atoms with Crippen molar-refractivity contribution in [2.75, 3.05) is 32.8 Å². The number of rotatable bonds is 5. The second-order valence-electron chi connectivity index (χ2n) is 4.80. The quantitative estimate of drug-likeness (QED) is 0.759. The fraction of sp³-hybridized carbons (Fsp3) is 0.917. The summed E-state index contributed by atoms with van der Waals surface area (Å²) >= 11 is 0. The largest absolute Gasteiger partial charge is 0.378 e. The van der Waals surface area contributed by atoms with Crippen molar-refractivity contribution in [3.63, 3.8) is 0 Å². The van der Waals surface area contributed by atoms with Gasteiger partial charge in [-0.3, -0.25) is 4.79 Å². The molecule has 4 nitrogen and oxygen atoms in total. The number of amides is 1. The molecule has 16 heavy (non-hydrogen) atoms. The summed E-state index contributed by atoms with van der Waals surface area (Å²) < 4.78 is 5.23. The standard InChI is InChI=1S/C12H24N2O2/c1-10(2)4-5-13-11(3)12(15)14-6-8-16-9-7-14/h10-11,13H,4-9H2,1-3H3. The van der Waals surface area contributed by atoms with Gasteiger partial charge in [0.2, 0.25) is 5.91 Å². The van der Waals surface area contributed by atoms with Crippen LogP contribution in [0, 0.1) is 5.92 Å². The topological polar surface area (TPSA) is 41.6 Å². The number of hydrogen-bond acceptors (Lipinski definition) is 3. The van der Waals surface area contributed by atoms with E-state index in [0.717, 1.165) is 26.1 Å². The van der Waals surface area contributed by atoms with E-state index in [-0.39, 0.29) is 11.9 Å². The lowest BCUT2D eigenvalue weighted by molar-refractivity contribution is -0.137. The van der Waals surface area contributed by atoms with Gasteiger partial charge in [-0.2, -0.15) is 0 Å². The Labute approximate surface area is 98.3 Å². The minimum Gasteiger partial charge on any atom is -0.378 e. The SMILES string of the molecule is CC(C)CCNC(C)C(=O)N1CCOCC1. The van der Waals surface area contributed by atoms with E-state index in [2.05, 4.69) is 19.2 Å². The smallest absolute Gasteiger partial charge is 0.239 e. The van der Waals surface area contributed by atoms with Gasteiger partial charge in [-0.25, -0.2) is 0 Å². The van der Waals surface area contributed by atoms with Crippen LogP contribution in [0.15, 0.2) is 0 Å². The fourth-order valence-electron chi connectivity index (χ4n) is 1.73. The van der Waals surface area contributed by atoms with Gasteiger partial charge in [0.25, 0.3) is 0 Å². The minimum absolute atomic E-state index is 0.0724. The molecule has 0 radical (unpaired) electrons. The first kappa shape index (κ1) is 13.5. The summed E-state index contributed by atoms with van der Waals surface area (Å²) in [5, 5.41) is 3.28. The van der Waals surface area contributed by atoms with Crippen molar-refractivity contribution in [2.45, 2.75) is 33.2 Å². The number of ether oxygens (including phenoxy) is 1. The van der Waals surface area contributed by atoms with Crippen LogP contribution in [-0.2, 0) is 9.53 Å². The van der Waals surface area contributed by atoms with Crippen LogP contribution < -0.4 is 5.32 Å². The summed E-state index contributed by atoms with van der Waals surface area (Å²) in [6, 6.07) is -0.0724. The highest BCUT2D eigenvalue weighted by Crippen LogP contribution is 2.02. The zero-order valence-electron chi connectivity index (χ0n) is 10.7. The predicted molar refractivity (Wildman–Crippen MR) is 64.3 cm³/mol. The van der Waals surface area contributed by atoms with Crippen LogP contribution in [0.2, 0.25) is 0 Å². The first-order valence-electron chi connectivity index (χ1n) is 6.21. The lowest BCUT2D eigenvalue weighted by Gasteiger charge is -2.29. The van der Waals surface area contributed by atoms with Crippen LogP contribution in [0.1, 0.15) is 27.2 Å². The molecule has 1 amide bonds. The Morgan fingerprint density at radius 1 is 1.31 bits per heavy atom. The average Bonchev–Trinajstić information content (AvgIpc) is 2.28. The van der Waals surface area contributed by atoms with Crippen molar-refractivity contribution in [3.8, 4) is 0 Å². The lowest BCUT2D eigenvalue weighted by atomic mass is 10.1. The molecule has 4 heteroatoms. The zero-order valence-corrected chi connectivity index (χ0v) is 10.7. The molecule has 0 saturated carbocycles. The molecule has 0 aromatic carbocycles. The molecule has 1 heterocycles. The van der Waals surface area contributed by atoms with Gasteiger partial charge in [-0.1, -0.05) is 13.8 Å². The summed E-state index contributed by atoms with van der Waals surface area (Å²) in [5.74, 6) is 0.880. The molecule has 1 unspecified atom stereocenters. The molecule has 1 rings (SSSR count). The molecule has 0 aromatic rings. The van der Waals surface area contributed by atoms with E-state index in [0.29, 0.717) is 19.1 Å². The summed E-state index contributed by atoms with van der Waals surface area (Å²) in [4.78, 5) is 13.9. The minimum atomic E-state index is -0.0724. The molecule has 1 aliphatic rings. The first-order valence-corrected chi connectivity index (χ1v) is 6.21. The van der Waals surface area contributed by atoms with Gasteiger partial charge in [0.15, 0.2) is 0 Å². The summed E-state index contributed by atoms with van der Waals surface area (Å²) in [5.41, 5.74) is 0. The number of hydrogen-bond donors (Lipinski definition) is 1. The van der Waals surface area contributed by atoms with Crippen LogP contribution in [-0.4, -0.2) is 49.7 Å². The van der Waals surface area contributed by atoms with Crippen LogP contribution in [0.25, 0.3) is 0 Å². The normalized spacial score (nSPS) is 18.9. The maximum atomic E-state index is 12.0. The highest BCUT2D eigenvalue weighted by atomic mass is 16.5. The molecule has 1 aliphatic heterocycles. The highest BCUT2D eigenvalue weighted by molar-refractivity contribution is 5.81. The monoisotopic (exact) mass is 228 g/mol. The van der Waals surface area contributed by atoms with Gasteiger partial charge in [0, 0.05) is 13.1 Å². The molecule has 1 fully saturated rings. The van der Waals surface area contributed by atoms with E-state index in [1.165, 1.54) is 0 Å². The van der Waals surface area contributed by atoms with Crippen LogP contribution in [0.3, 0.4) is 0 Å². The van der Waals surface area contributed by atoms with Gasteiger partial charge in [0.1, 0.15) is 0 Å². The van der Waals surface area contributed by atoms with E-state index in [1.807, 2.05) is 11.8 Å². The van der Waals surface area contributed by atoms with Crippen molar-refractivity contribution in [1.29, 1.82) is 0 Å². The lowest BCUT2D eigenvalue weighted by Crippen LogP contribution is -2.49. The van der Waals surface area contributed by atoms with Crippen LogP contribution >= 0.6 is 0 Å². The van der Waals surface area contributed by atoms with E-state index >= 15 is 0 Å². The Bertz CT molecular complexity index is 213. The summed E-state index contributed by atoms with van der Waals surface area (Å²) in [7, 11) is 0. The fourth-order valence-corrected chi connectivity index (χ4v) is 1.73. The molecule has 1 N–H and O–H groups in total. The van der Waals surface area contributed by atoms with E-state index in [4.69, 9.17) is 4.74 Å². The van der Waals surface area contributed by atoms with Crippen molar-refractivity contribution >= 4 is 5.91 Å². The third kappa shape index (κ3) is 4.49. The Hall–Kier alpha value is -0.610. The van der Waals surface area contributed by atoms with Gasteiger partial charge >= 0.3 is 0 Å². The molecule has 0 aliphatic carbocycles. The van der Waals surface area contributed by atoms with E-state index in [9.17, 15) is 4.79 Å². The maximum absolute atomic E-state index is 12.0. The molecule has 94 valence electrons. The van der Waals surface area contributed by atoms with Crippen molar-refractivity contribution in [1.82, 2.24) is 10.2 Å². The number of carbonyl (C=O) groups is 1. The molecule has 0 spiro atoms. The van der Waals surface area contributed by atoms with Crippen molar-refractivity contribution < 1.29 is 9.53 Å². The van der Waals surface area contributed by atoms with Crippen molar-refractivity contribution in [2.24, 2.45) is 5.92 Å². The van der Waals surface area contributed by atoms with Gasteiger partial charge in [-0.15, -0.1) is 0 Å². The Kier molecular flexibility index (Phi) is 5.77. The zero-order chi connectivity index (χ0) is 12.0. The van der Waals surface area contributed by atoms with Crippen LogP contribution in [0.4, 0.5) is 0 Å². The second kappa shape index (κ2) is 6.86. The Balaban J connectivity index is 2.23. The van der Waals surface area contributed by atoms with Gasteiger partial charge in [0.05, 0.1) is 19.3 Å². The second-order valence-corrected chi connectivity index (χ2v) is 4.80. The molecule has 0 aromatic heterocycles. The Morgan fingerprint density at radius 2 is 1.94 bits per heavy atom. The summed E-state index contributed by atoms with van der Waals surface area (Å²) in [6.45, 7) is 10.0.